The summed E-state index contributed by atoms with van der Waals surface area (Å²) in [4.78, 5) is 24.7. The van der Waals surface area contributed by atoms with Crippen molar-refractivity contribution in [2.75, 3.05) is 13.2 Å². The van der Waals surface area contributed by atoms with Gasteiger partial charge in [0.1, 0.15) is 13.2 Å². The Bertz CT molecular complexity index is 983. The first-order chi connectivity index (χ1) is 13.7. The molecule has 0 N–H and O–H groups in total. The van der Waals surface area contributed by atoms with Gasteiger partial charge in [0.15, 0.2) is 0 Å². The molecule has 0 aromatic carbocycles. The molecule has 0 saturated heterocycles. The summed E-state index contributed by atoms with van der Waals surface area (Å²) in [5, 5.41) is 0. The van der Waals surface area contributed by atoms with Crippen LogP contribution in [0.25, 0.3) is 22.3 Å². The minimum absolute atomic E-state index is 0.00260. The van der Waals surface area contributed by atoms with Gasteiger partial charge in [-0.3, -0.25) is 0 Å². The minimum atomic E-state index is -0.428. The molecular formula is C24H18O4. The molecule has 4 aliphatic carbocycles. The second-order valence-electron chi connectivity index (χ2n) is 6.33. The van der Waals surface area contributed by atoms with E-state index in [9.17, 15) is 9.59 Å². The summed E-state index contributed by atoms with van der Waals surface area (Å²) in [5.74, 6) is -0.855. The fraction of sp³-hybridized carbons (Fsp3) is 0.0833. The second-order valence-corrected chi connectivity index (χ2v) is 6.33. The van der Waals surface area contributed by atoms with E-state index in [0.717, 1.165) is 22.3 Å². The van der Waals surface area contributed by atoms with Gasteiger partial charge >= 0.3 is 11.9 Å². The summed E-state index contributed by atoms with van der Waals surface area (Å²) in [6, 6.07) is 26.3. The van der Waals surface area contributed by atoms with Gasteiger partial charge in [-0.1, -0.05) is 72.8 Å². The van der Waals surface area contributed by atoms with Crippen molar-refractivity contribution in [2.45, 2.75) is 0 Å². The van der Waals surface area contributed by atoms with E-state index in [1.165, 1.54) is 0 Å². The molecule has 0 heterocycles. The summed E-state index contributed by atoms with van der Waals surface area (Å²) < 4.78 is 10.6. The van der Waals surface area contributed by atoms with E-state index in [0.29, 0.717) is 11.1 Å². The summed E-state index contributed by atoms with van der Waals surface area (Å²) in [6.45, 7) is 0.00521. The molecule has 4 aliphatic rings. The zero-order chi connectivity index (χ0) is 19.3. The van der Waals surface area contributed by atoms with E-state index in [1.807, 2.05) is 72.8 Å². The number of rotatable bonds is 5. The lowest BCUT2D eigenvalue weighted by molar-refractivity contribution is 0.0267. The molecule has 4 rings (SSSR count). The lowest BCUT2D eigenvalue weighted by atomic mass is 10.1. The number of fused-ring (bicyclic) bond motifs is 2. The number of ether oxygens (including phenoxy) is 2. The van der Waals surface area contributed by atoms with Crippen molar-refractivity contribution in [2.24, 2.45) is 0 Å². The molecule has 0 saturated carbocycles. The van der Waals surface area contributed by atoms with Crippen molar-refractivity contribution in [1.29, 1.82) is 0 Å². The second kappa shape index (κ2) is 7.92. The van der Waals surface area contributed by atoms with Crippen LogP contribution in [0.4, 0.5) is 0 Å². The Balaban J connectivity index is 1.33. The Labute approximate surface area is 163 Å². The molecule has 0 radical (unpaired) electrons. The molecule has 0 fully saturated rings. The highest BCUT2D eigenvalue weighted by molar-refractivity contribution is 5.99. The van der Waals surface area contributed by atoms with E-state index in [-0.39, 0.29) is 13.2 Å². The number of hydrogen-bond donors (Lipinski definition) is 0. The van der Waals surface area contributed by atoms with Gasteiger partial charge in [-0.15, -0.1) is 0 Å². The molecule has 138 valence electrons. The third-order valence-corrected chi connectivity index (χ3v) is 4.57. The Morgan fingerprint density at radius 1 is 0.536 bits per heavy atom. The lowest BCUT2D eigenvalue weighted by Gasteiger charge is -2.07. The van der Waals surface area contributed by atoms with E-state index >= 15 is 0 Å². The SMILES string of the molecule is O=C(OCCOC(=O)c1ccc2cccccc1-2)c1ccc2cccccc1-2. The maximum atomic E-state index is 12.3. The van der Waals surface area contributed by atoms with Crippen molar-refractivity contribution in [1.82, 2.24) is 0 Å². The molecule has 0 amide bonds. The average molecular weight is 370 g/mol. The van der Waals surface area contributed by atoms with Crippen LogP contribution in [0.5, 0.6) is 0 Å². The predicted octanol–water partition coefficient (Wildman–Crippen LogP) is 4.91. The van der Waals surface area contributed by atoms with E-state index in [4.69, 9.17) is 9.47 Å². The van der Waals surface area contributed by atoms with Crippen molar-refractivity contribution < 1.29 is 19.1 Å². The molecule has 0 unspecified atom stereocenters. The van der Waals surface area contributed by atoms with Crippen LogP contribution >= 0.6 is 0 Å². The molecular weight excluding hydrogens is 352 g/mol. The normalized spacial score (nSPS) is 10.7. The van der Waals surface area contributed by atoms with Gasteiger partial charge in [0, 0.05) is 0 Å². The maximum Gasteiger partial charge on any atom is 0.338 e. The van der Waals surface area contributed by atoms with Gasteiger partial charge in [0.05, 0.1) is 11.1 Å². The van der Waals surface area contributed by atoms with Crippen LogP contribution < -0.4 is 0 Å². The van der Waals surface area contributed by atoms with Crippen molar-refractivity contribution in [3.05, 3.63) is 96.1 Å². The van der Waals surface area contributed by atoms with Crippen molar-refractivity contribution in [3.8, 4) is 22.3 Å². The van der Waals surface area contributed by atoms with Gasteiger partial charge in [-0.05, 0) is 34.4 Å². The van der Waals surface area contributed by atoms with Gasteiger partial charge < -0.3 is 9.47 Å². The van der Waals surface area contributed by atoms with E-state index in [1.54, 1.807) is 12.1 Å². The number of carbonyl (C=O) groups is 2. The quantitative estimate of drug-likeness (QED) is 0.370. The van der Waals surface area contributed by atoms with Crippen LogP contribution in [-0.2, 0) is 9.47 Å². The highest BCUT2D eigenvalue weighted by Gasteiger charge is 2.18. The smallest absolute Gasteiger partial charge is 0.338 e. The third-order valence-electron chi connectivity index (χ3n) is 4.57. The van der Waals surface area contributed by atoms with Crippen LogP contribution in [0.1, 0.15) is 20.7 Å². The largest absolute Gasteiger partial charge is 0.458 e. The molecule has 28 heavy (non-hydrogen) atoms. The topological polar surface area (TPSA) is 52.6 Å². The zero-order valence-electron chi connectivity index (χ0n) is 15.1. The highest BCUT2D eigenvalue weighted by atomic mass is 16.6. The molecule has 0 spiro atoms. The predicted molar refractivity (Wildman–Crippen MR) is 107 cm³/mol. The molecule has 0 aromatic rings. The summed E-state index contributed by atoms with van der Waals surface area (Å²) in [6.07, 6.45) is 0. The van der Waals surface area contributed by atoms with Gasteiger partial charge in [0.25, 0.3) is 0 Å². The first kappa shape index (κ1) is 17.7. The number of hydrogen-bond acceptors (Lipinski definition) is 4. The summed E-state index contributed by atoms with van der Waals surface area (Å²) in [5.41, 5.74) is 4.63. The van der Waals surface area contributed by atoms with Crippen LogP contribution in [0.2, 0.25) is 0 Å². The van der Waals surface area contributed by atoms with Crippen LogP contribution in [-0.4, -0.2) is 25.2 Å². The first-order valence-electron chi connectivity index (χ1n) is 9.04. The van der Waals surface area contributed by atoms with Crippen LogP contribution in [0.3, 0.4) is 0 Å². The number of carbonyl (C=O) groups excluding carboxylic acids is 2. The maximum absolute atomic E-state index is 12.3. The van der Waals surface area contributed by atoms with Crippen LogP contribution in [0, 0.1) is 0 Å². The first-order valence-corrected chi connectivity index (χ1v) is 9.04. The lowest BCUT2D eigenvalue weighted by Crippen LogP contribution is -2.14. The van der Waals surface area contributed by atoms with Gasteiger partial charge in [0.2, 0.25) is 0 Å². The third kappa shape index (κ3) is 3.58. The Kier molecular flexibility index (Phi) is 5.02. The van der Waals surface area contributed by atoms with Gasteiger partial charge in [-0.25, -0.2) is 9.59 Å². The Morgan fingerprint density at radius 3 is 1.43 bits per heavy atom. The summed E-state index contributed by atoms with van der Waals surface area (Å²) in [7, 11) is 0. The minimum Gasteiger partial charge on any atom is -0.458 e. The highest BCUT2D eigenvalue weighted by Crippen LogP contribution is 2.28. The van der Waals surface area contributed by atoms with Crippen molar-refractivity contribution in [3.63, 3.8) is 0 Å². The van der Waals surface area contributed by atoms with Gasteiger partial charge in [-0.2, -0.15) is 0 Å². The fourth-order valence-electron chi connectivity index (χ4n) is 3.21. The number of esters is 2. The molecule has 0 bridgehead atoms. The zero-order valence-corrected chi connectivity index (χ0v) is 15.1. The standard InChI is InChI=1S/C24H18O4/c25-23(21-13-11-17-7-3-1-5-9-19(17)21)27-15-16-28-24(26)22-14-12-18-8-4-2-6-10-20(18)22/h1-14H,15-16H2. The van der Waals surface area contributed by atoms with Crippen LogP contribution in [0.15, 0.2) is 84.9 Å². The van der Waals surface area contributed by atoms with Crippen molar-refractivity contribution >= 4 is 11.9 Å². The molecule has 4 heteroatoms. The van der Waals surface area contributed by atoms with E-state index < -0.39 is 11.9 Å². The molecule has 0 atom stereocenters. The summed E-state index contributed by atoms with van der Waals surface area (Å²) >= 11 is 0. The molecule has 4 nitrogen and oxygen atoms in total. The fourth-order valence-corrected chi connectivity index (χ4v) is 3.21. The Morgan fingerprint density at radius 2 is 0.964 bits per heavy atom. The molecule has 0 aromatic heterocycles. The Hall–Kier alpha value is -3.66. The average Bonchev–Trinajstić information content (AvgIpc) is 3.11. The van der Waals surface area contributed by atoms with E-state index in [2.05, 4.69) is 0 Å². The molecule has 0 aliphatic heterocycles. The monoisotopic (exact) mass is 370 g/mol.